The van der Waals surface area contributed by atoms with Gasteiger partial charge in [-0.1, -0.05) is 13.3 Å². The van der Waals surface area contributed by atoms with Crippen LogP contribution < -0.4 is 5.73 Å². The van der Waals surface area contributed by atoms with Gasteiger partial charge in [-0.15, -0.1) is 0 Å². The van der Waals surface area contributed by atoms with Gasteiger partial charge in [-0.05, 0) is 38.1 Å². The summed E-state index contributed by atoms with van der Waals surface area (Å²) >= 11 is 0. The second-order valence-corrected chi connectivity index (χ2v) is 4.77. The Morgan fingerprint density at radius 3 is 2.88 bits per heavy atom. The molecule has 0 bridgehead atoms. The van der Waals surface area contributed by atoms with E-state index < -0.39 is 0 Å². The normalized spacial score (nSPS) is 23.0. The van der Waals surface area contributed by atoms with Crippen molar-refractivity contribution in [1.29, 1.82) is 0 Å². The maximum atomic E-state index is 11.9. The average molecular weight is 227 g/mol. The Morgan fingerprint density at radius 2 is 2.31 bits per heavy atom. The topological polar surface area (TPSA) is 52.3 Å². The second-order valence-electron chi connectivity index (χ2n) is 4.77. The molecule has 0 aromatic carbocycles. The van der Waals surface area contributed by atoms with Gasteiger partial charge in [-0.25, -0.2) is 0 Å². The summed E-state index contributed by atoms with van der Waals surface area (Å²) in [4.78, 5) is 11.9. The van der Waals surface area contributed by atoms with Crippen molar-refractivity contribution in [1.82, 2.24) is 0 Å². The van der Waals surface area contributed by atoms with Gasteiger partial charge in [0.1, 0.15) is 5.78 Å². The number of ether oxygens (including phenoxy) is 1. The van der Waals surface area contributed by atoms with E-state index in [-0.39, 0.29) is 5.92 Å². The third-order valence-electron chi connectivity index (χ3n) is 3.57. The molecule has 1 aliphatic rings. The molecular weight excluding hydrogens is 202 g/mol. The molecule has 1 fully saturated rings. The zero-order valence-corrected chi connectivity index (χ0v) is 10.4. The number of carbonyl (C=O) groups excluding carboxylic acids is 1. The fraction of sp³-hybridized carbons (Fsp3) is 0.923. The first kappa shape index (κ1) is 13.7. The van der Waals surface area contributed by atoms with Crippen molar-refractivity contribution < 1.29 is 9.53 Å². The van der Waals surface area contributed by atoms with E-state index in [1.165, 1.54) is 0 Å². The Morgan fingerprint density at radius 1 is 1.50 bits per heavy atom. The van der Waals surface area contributed by atoms with E-state index in [9.17, 15) is 4.79 Å². The summed E-state index contributed by atoms with van der Waals surface area (Å²) in [5.74, 6) is 1.19. The van der Waals surface area contributed by atoms with Crippen molar-refractivity contribution in [3.63, 3.8) is 0 Å². The third-order valence-corrected chi connectivity index (χ3v) is 3.57. The SMILES string of the molecule is CCC(CCN)CCC(=O)C1CCCOC1. The Hall–Kier alpha value is -0.410. The van der Waals surface area contributed by atoms with E-state index >= 15 is 0 Å². The van der Waals surface area contributed by atoms with Crippen LogP contribution in [0.2, 0.25) is 0 Å². The lowest BCUT2D eigenvalue weighted by atomic mass is 9.90. The van der Waals surface area contributed by atoms with Crippen LogP contribution in [0.25, 0.3) is 0 Å². The van der Waals surface area contributed by atoms with Crippen molar-refractivity contribution >= 4 is 5.78 Å². The Labute approximate surface area is 98.7 Å². The standard InChI is InChI=1S/C13H25NO2/c1-2-11(7-8-14)5-6-13(15)12-4-3-9-16-10-12/h11-12H,2-10,14H2,1H3. The van der Waals surface area contributed by atoms with Gasteiger partial charge in [0.15, 0.2) is 0 Å². The van der Waals surface area contributed by atoms with Gasteiger partial charge in [-0.2, -0.15) is 0 Å². The third kappa shape index (κ3) is 4.62. The summed E-state index contributed by atoms with van der Waals surface area (Å²) in [6.45, 7) is 4.38. The predicted octanol–water partition coefficient (Wildman–Crippen LogP) is 2.14. The van der Waals surface area contributed by atoms with Crippen LogP contribution >= 0.6 is 0 Å². The number of ketones is 1. The van der Waals surface area contributed by atoms with Crippen molar-refractivity contribution in [2.45, 2.75) is 45.4 Å². The molecule has 0 aliphatic carbocycles. The van der Waals surface area contributed by atoms with Gasteiger partial charge in [-0.3, -0.25) is 4.79 Å². The quantitative estimate of drug-likeness (QED) is 0.725. The minimum Gasteiger partial charge on any atom is -0.381 e. The Bertz CT molecular complexity index is 200. The van der Waals surface area contributed by atoms with Crippen LogP contribution in [0, 0.1) is 11.8 Å². The highest BCUT2D eigenvalue weighted by molar-refractivity contribution is 5.81. The van der Waals surface area contributed by atoms with Crippen LogP contribution in [-0.2, 0) is 9.53 Å². The predicted molar refractivity (Wildman–Crippen MR) is 65.2 cm³/mol. The number of hydrogen-bond acceptors (Lipinski definition) is 3. The van der Waals surface area contributed by atoms with Gasteiger partial charge in [0.2, 0.25) is 0 Å². The van der Waals surface area contributed by atoms with Gasteiger partial charge < -0.3 is 10.5 Å². The molecule has 1 aliphatic heterocycles. The fourth-order valence-electron chi connectivity index (χ4n) is 2.33. The fourth-order valence-corrected chi connectivity index (χ4v) is 2.33. The summed E-state index contributed by atoms with van der Waals surface area (Å²) in [7, 11) is 0. The Kier molecular flexibility index (Phi) is 6.65. The molecule has 1 rings (SSSR count). The first-order chi connectivity index (χ1) is 7.77. The molecule has 2 unspecified atom stereocenters. The molecule has 2 atom stereocenters. The van der Waals surface area contributed by atoms with Crippen LogP contribution in [0.3, 0.4) is 0 Å². The molecule has 0 saturated carbocycles. The molecule has 0 aromatic rings. The lowest BCUT2D eigenvalue weighted by Crippen LogP contribution is -2.25. The number of nitrogens with two attached hydrogens (primary N) is 1. The number of hydrogen-bond donors (Lipinski definition) is 1. The van der Waals surface area contributed by atoms with Crippen LogP contribution in [0.4, 0.5) is 0 Å². The lowest BCUT2D eigenvalue weighted by Gasteiger charge is -2.21. The van der Waals surface area contributed by atoms with Gasteiger partial charge in [0.25, 0.3) is 0 Å². The molecule has 1 saturated heterocycles. The van der Waals surface area contributed by atoms with E-state index in [4.69, 9.17) is 10.5 Å². The maximum absolute atomic E-state index is 11.9. The van der Waals surface area contributed by atoms with Crippen LogP contribution in [0.5, 0.6) is 0 Å². The minimum atomic E-state index is 0.170. The highest BCUT2D eigenvalue weighted by Crippen LogP contribution is 2.20. The highest BCUT2D eigenvalue weighted by atomic mass is 16.5. The smallest absolute Gasteiger partial charge is 0.138 e. The van der Waals surface area contributed by atoms with Crippen LogP contribution in [0.15, 0.2) is 0 Å². The minimum absolute atomic E-state index is 0.170. The monoisotopic (exact) mass is 227 g/mol. The zero-order valence-electron chi connectivity index (χ0n) is 10.4. The molecule has 0 spiro atoms. The van der Waals surface area contributed by atoms with E-state index in [2.05, 4.69) is 6.92 Å². The molecule has 94 valence electrons. The molecule has 3 nitrogen and oxygen atoms in total. The molecular formula is C13H25NO2. The van der Waals surface area contributed by atoms with Crippen molar-refractivity contribution in [2.24, 2.45) is 17.6 Å². The lowest BCUT2D eigenvalue weighted by molar-refractivity contribution is -0.127. The number of Topliss-reactive ketones (excluding diaryl/α,β-unsaturated/α-hetero) is 1. The largest absolute Gasteiger partial charge is 0.381 e. The van der Waals surface area contributed by atoms with Gasteiger partial charge in [0, 0.05) is 18.9 Å². The van der Waals surface area contributed by atoms with E-state index in [1.54, 1.807) is 0 Å². The van der Waals surface area contributed by atoms with E-state index in [0.29, 0.717) is 24.7 Å². The van der Waals surface area contributed by atoms with E-state index in [1.807, 2.05) is 0 Å². The Balaban J connectivity index is 2.22. The first-order valence-corrected chi connectivity index (χ1v) is 6.58. The average Bonchev–Trinajstić information content (AvgIpc) is 2.35. The zero-order chi connectivity index (χ0) is 11.8. The summed E-state index contributed by atoms with van der Waals surface area (Å²) in [5, 5.41) is 0. The molecule has 0 aromatic heterocycles. The highest BCUT2D eigenvalue weighted by Gasteiger charge is 2.21. The molecule has 16 heavy (non-hydrogen) atoms. The summed E-state index contributed by atoms with van der Waals surface area (Å²) in [6, 6.07) is 0. The van der Waals surface area contributed by atoms with Crippen molar-refractivity contribution in [3.05, 3.63) is 0 Å². The maximum Gasteiger partial charge on any atom is 0.138 e. The molecule has 1 heterocycles. The molecule has 0 radical (unpaired) electrons. The second kappa shape index (κ2) is 7.80. The van der Waals surface area contributed by atoms with Crippen molar-refractivity contribution in [2.75, 3.05) is 19.8 Å². The first-order valence-electron chi connectivity index (χ1n) is 6.58. The molecule has 0 amide bonds. The summed E-state index contributed by atoms with van der Waals surface area (Å²) < 4.78 is 5.34. The number of carbonyl (C=O) groups is 1. The summed E-state index contributed by atoms with van der Waals surface area (Å²) in [5.41, 5.74) is 5.55. The number of rotatable bonds is 7. The van der Waals surface area contributed by atoms with Gasteiger partial charge in [0.05, 0.1) is 6.61 Å². The van der Waals surface area contributed by atoms with Gasteiger partial charge >= 0.3 is 0 Å². The van der Waals surface area contributed by atoms with Crippen molar-refractivity contribution in [3.8, 4) is 0 Å². The van der Waals surface area contributed by atoms with Crippen LogP contribution in [0.1, 0.15) is 45.4 Å². The molecule has 3 heteroatoms. The molecule has 2 N–H and O–H groups in total. The van der Waals surface area contributed by atoms with Crippen LogP contribution in [-0.4, -0.2) is 25.5 Å². The van der Waals surface area contributed by atoms with E-state index in [0.717, 1.165) is 45.3 Å². The summed E-state index contributed by atoms with van der Waals surface area (Å²) in [6.07, 6.45) is 5.95.